The molecule has 3 rings (SSSR count). The smallest absolute Gasteiger partial charge is 0.251 e. The number of nitrogens with zero attached hydrogens (tertiary/aromatic N) is 5. The fraction of sp³-hybridized carbons (Fsp3) is 0.500. The molecule has 2 aromatic rings. The van der Waals surface area contributed by atoms with Crippen LogP contribution in [0.1, 0.15) is 23.2 Å². The van der Waals surface area contributed by atoms with E-state index in [0.717, 1.165) is 26.1 Å². The number of likely N-dealkylation sites (N-methyl/N-ethyl adjacent to an activating group) is 1. The first-order chi connectivity index (χ1) is 11.6. The molecule has 0 radical (unpaired) electrons. The van der Waals surface area contributed by atoms with Crippen molar-refractivity contribution in [3.05, 3.63) is 36.5 Å². The molecule has 2 aromatic heterocycles. The zero-order valence-electron chi connectivity index (χ0n) is 14.0. The molecule has 0 unspecified atom stereocenters. The van der Waals surface area contributed by atoms with E-state index in [-0.39, 0.29) is 11.4 Å². The molecule has 1 N–H and O–H groups in total. The number of hydrogen-bond donors (Lipinski definition) is 1. The second-order valence-corrected chi connectivity index (χ2v) is 6.16. The number of carbonyl (C=O) groups excluding carboxylic acids is 1. The molecular formula is C16H22N6O2. The lowest BCUT2D eigenvalue weighted by molar-refractivity contribution is -0.00657. The van der Waals surface area contributed by atoms with Crippen molar-refractivity contribution in [2.24, 2.45) is 0 Å². The predicted octanol–water partition coefficient (Wildman–Crippen LogP) is 0.503. The van der Waals surface area contributed by atoms with Gasteiger partial charge in [0.05, 0.1) is 0 Å². The van der Waals surface area contributed by atoms with E-state index in [1.165, 1.54) is 11.0 Å². The van der Waals surface area contributed by atoms with Crippen LogP contribution < -0.4 is 5.32 Å². The first-order valence-electron chi connectivity index (χ1n) is 7.95. The lowest BCUT2D eigenvalue weighted by Crippen LogP contribution is -2.55. The number of pyridine rings is 1. The number of aromatic nitrogens is 4. The molecule has 1 saturated heterocycles. The highest BCUT2D eigenvalue weighted by Gasteiger charge is 2.35. The Morgan fingerprint density at radius 3 is 2.88 bits per heavy atom. The zero-order chi connectivity index (χ0) is 17.0. The molecule has 1 fully saturated rings. The Hall–Kier alpha value is -2.32. The average molecular weight is 330 g/mol. The summed E-state index contributed by atoms with van der Waals surface area (Å²) >= 11 is 0. The van der Waals surface area contributed by atoms with Crippen molar-refractivity contribution in [3.63, 3.8) is 0 Å². The Morgan fingerprint density at radius 1 is 1.42 bits per heavy atom. The summed E-state index contributed by atoms with van der Waals surface area (Å²) in [5.74, 6) is 0.444. The molecule has 1 aliphatic rings. The van der Waals surface area contributed by atoms with Crippen LogP contribution in [0.25, 0.3) is 5.82 Å². The van der Waals surface area contributed by atoms with Gasteiger partial charge in [-0.3, -0.25) is 4.79 Å². The van der Waals surface area contributed by atoms with E-state index in [4.69, 9.17) is 4.74 Å². The Balaban J connectivity index is 1.70. The topological polar surface area (TPSA) is 85.2 Å². The average Bonchev–Trinajstić information content (AvgIpc) is 3.15. The van der Waals surface area contributed by atoms with Gasteiger partial charge in [-0.1, -0.05) is 0 Å². The summed E-state index contributed by atoms with van der Waals surface area (Å²) < 4.78 is 6.98. The van der Waals surface area contributed by atoms with Gasteiger partial charge in [0, 0.05) is 37.1 Å². The minimum atomic E-state index is -0.119. The maximum Gasteiger partial charge on any atom is 0.251 e. The van der Waals surface area contributed by atoms with Gasteiger partial charge >= 0.3 is 0 Å². The van der Waals surface area contributed by atoms with Crippen LogP contribution in [0.2, 0.25) is 0 Å². The molecule has 0 saturated carbocycles. The van der Waals surface area contributed by atoms with Gasteiger partial charge in [0.2, 0.25) is 0 Å². The highest BCUT2D eigenvalue weighted by atomic mass is 16.5. The highest BCUT2D eigenvalue weighted by Crippen LogP contribution is 2.25. The van der Waals surface area contributed by atoms with Crippen LogP contribution in [0.5, 0.6) is 0 Å². The molecule has 0 bridgehead atoms. The van der Waals surface area contributed by atoms with Crippen molar-refractivity contribution < 1.29 is 9.53 Å². The number of hydrogen-bond acceptors (Lipinski definition) is 6. The number of nitrogens with one attached hydrogen (secondary N) is 1. The van der Waals surface area contributed by atoms with Crippen molar-refractivity contribution in [1.82, 2.24) is 30.0 Å². The fourth-order valence-corrected chi connectivity index (χ4v) is 2.89. The standard InChI is InChI=1S/C16H22N6O2/c1-21(2)16(4-7-24-8-5-16)10-19-15(23)13-3-6-18-14(9-13)22-12-17-11-20-22/h3,6,9,11-12H,4-5,7-8,10H2,1-2H3,(H,19,23). The van der Waals surface area contributed by atoms with E-state index in [1.807, 2.05) is 14.1 Å². The van der Waals surface area contributed by atoms with Gasteiger partial charge in [0.15, 0.2) is 5.82 Å². The summed E-state index contributed by atoms with van der Waals surface area (Å²) in [5.41, 5.74) is 0.492. The summed E-state index contributed by atoms with van der Waals surface area (Å²) in [5, 5.41) is 7.09. The third-order valence-corrected chi connectivity index (χ3v) is 4.61. The SMILES string of the molecule is CN(C)C1(CNC(=O)c2ccnc(-n3cncn3)c2)CCOCC1. The van der Waals surface area contributed by atoms with Gasteiger partial charge in [-0.2, -0.15) is 5.10 Å². The highest BCUT2D eigenvalue weighted by molar-refractivity contribution is 5.94. The molecule has 0 atom stereocenters. The number of ether oxygens (including phenoxy) is 1. The molecule has 0 spiro atoms. The molecule has 3 heterocycles. The van der Waals surface area contributed by atoms with E-state index in [0.29, 0.717) is 17.9 Å². The van der Waals surface area contributed by atoms with Gasteiger partial charge < -0.3 is 15.0 Å². The first kappa shape index (κ1) is 16.5. The minimum absolute atomic E-state index is 0.0598. The molecular weight excluding hydrogens is 308 g/mol. The van der Waals surface area contributed by atoms with E-state index < -0.39 is 0 Å². The molecule has 0 aliphatic carbocycles. The van der Waals surface area contributed by atoms with Gasteiger partial charge in [0.1, 0.15) is 12.7 Å². The van der Waals surface area contributed by atoms with Crippen LogP contribution >= 0.6 is 0 Å². The van der Waals surface area contributed by atoms with Crippen LogP contribution in [-0.2, 0) is 4.74 Å². The van der Waals surface area contributed by atoms with E-state index >= 15 is 0 Å². The molecule has 8 nitrogen and oxygen atoms in total. The summed E-state index contributed by atoms with van der Waals surface area (Å²) in [6, 6.07) is 3.40. The molecule has 1 amide bonds. The molecule has 24 heavy (non-hydrogen) atoms. The molecule has 0 aromatic carbocycles. The normalized spacial score (nSPS) is 17.0. The van der Waals surface area contributed by atoms with Crippen molar-refractivity contribution in [3.8, 4) is 5.82 Å². The second kappa shape index (κ2) is 7.06. The van der Waals surface area contributed by atoms with E-state index in [9.17, 15) is 4.79 Å². The quantitative estimate of drug-likeness (QED) is 0.859. The molecule has 128 valence electrons. The number of rotatable bonds is 5. The number of amides is 1. The maximum absolute atomic E-state index is 12.5. The predicted molar refractivity (Wildman–Crippen MR) is 88.0 cm³/mol. The van der Waals surface area contributed by atoms with Crippen LogP contribution in [0.15, 0.2) is 31.0 Å². The lowest BCUT2D eigenvalue weighted by Gasteiger charge is -2.42. The van der Waals surface area contributed by atoms with Gasteiger partial charge in [-0.15, -0.1) is 0 Å². The number of carbonyl (C=O) groups is 1. The van der Waals surface area contributed by atoms with Crippen molar-refractivity contribution in [2.75, 3.05) is 33.9 Å². The van der Waals surface area contributed by atoms with Crippen LogP contribution in [0, 0.1) is 0 Å². The fourth-order valence-electron chi connectivity index (χ4n) is 2.89. The van der Waals surface area contributed by atoms with E-state index in [2.05, 4.69) is 25.3 Å². The van der Waals surface area contributed by atoms with Crippen LogP contribution in [0.3, 0.4) is 0 Å². The first-order valence-corrected chi connectivity index (χ1v) is 7.95. The van der Waals surface area contributed by atoms with Crippen LogP contribution in [0.4, 0.5) is 0 Å². The summed E-state index contributed by atoms with van der Waals surface area (Å²) in [7, 11) is 4.10. The van der Waals surface area contributed by atoms with Crippen molar-refractivity contribution in [2.45, 2.75) is 18.4 Å². The summed E-state index contributed by atoms with van der Waals surface area (Å²) in [6.45, 7) is 2.03. The second-order valence-electron chi connectivity index (χ2n) is 6.16. The van der Waals surface area contributed by atoms with E-state index in [1.54, 1.807) is 24.7 Å². The van der Waals surface area contributed by atoms with Gasteiger partial charge in [-0.25, -0.2) is 14.6 Å². The third-order valence-electron chi connectivity index (χ3n) is 4.61. The lowest BCUT2D eigenvalue weighted by atomic mass is 9.88. The molecule has 1 aliphatic heterocycles. The Labute approximate surface area is 140 Å². The maximum atomic E-state index is 12.5. The largest absolute Gasteiger partial charge is 0.381 e. The summed E-state index contributed by atoms with van der Waals surface area (Å²) in [6.07, 6.45) is 6.39. The Bertz CT molecular complexity index is 680. The Morgan fingerprint density at radius 2 is 2.21 bits per heavy atom. The molecule has 8 heteroatoms. The Kier molecular flexibility index (Phi) is 4.86. The van der Waals surface area contributed by atoms with Crippen LogP contribution in [-0.4, -0.2) is 69.9 Å². The van der Waals surface area contributed by atoms with Gasteiger partial charge in [-0.05, 0) is 39.1 Å². The summed E-state index contributed by atoms with van der Waals surface area (Å²) in [4.78, 5) is 22.8. The van der Waals surface area contributed by atoms with Gasteiger partial charge in [0.25, 0.3) is 5.91 Å². The van der Waals surface area contributed by atoms with Crippen molar-refractivity contribution >= 4 is 5.91 Å². The zero-order valence-corrected chi connectivity index (χ0v) is 14.0. The van der Waals surface area contributed by atoms with Crippen molar-refractivity contribution in [1.29, 1.82) is 0 Å². The minimum Gasteiger partial charge on any atom is -0.381 e. The third kappa shape index (κ3) is 3.44. The monoisotopic (exact) mass is 330 g/mol.